The zero-order valence-corrected chi connectivity index (χ0v) is 15.9. The molecule has 2 rings (SSSR count). The van der Waals surface area contributed by atoms with E-state index >= 15 is 0 Å². The van der Waals surface area contributed by atoms with Gasteiger partial charge in [0.2, 0.25) is 0 Å². The number of carbonyl (C=O) groups excluding carboxylic acids is 1. The third-order valence-electron chi connectivity index (χ3n) is 3.93. The lowest BCUT2D eigenvalue weighted by molar-refractivity contribution is 0.0507. The number of amides is 1. The van der Waals surface area contributed by atoms with Crippen molar-refractivity contribution in [3.05, 3.63) is 35.4 Å². The van der Waals surface area contributed by atoms with Crippen LogP contribution in [0.1, 0.15) is 38.3 Å². The summed E-state index contributed by atoms with van der Waals surface area (Å²) in [4.78, 5) is 18.3. The minimum absolute atomic E-state index is 0.0327. The molecule has 0 spiro atoms. The SMILES string of the molecule is CN=C(NCc1cccc(C#N)c1)N1CCC(NC(=O)OC(C)(C)C)C1. The van der Waals surface area contributed by atoms with Crippen LogP contribution in [0.25, 0.3) is 0 Å². The Bertz CT molecular complexity index is 703. The molecule has 1 aromatic carbocycles. The van der Waals surface area contributed by atoms with E-state index in [1.54, 1.807) is 13.1 Å². The van der Waals surface area contributed by atoms with Gasteiger partial charge in [-0.25, -0.2) is 4.79 Å². The number of nitrogens with one attached hydrogen (secondary N) is 2. The largest absolute Gasteiger partial charge is 0.444 e. The third-order valence-corrected chi connectivity index (χ3v) is 3.93. The summed E-state index contributed by atoms with van der Waals surface area (Å²) >= 11 is 0. The van der Waals surface area contributed by atoms with Gasteiger partial charge in [-0.3, -0.25) is 4.99 Å². The molecule has 1 atom stereocenters. The van der Waals surface area contributed by atoms with Crippen molar-refractivity contribution >= 4 is 12.1 Å². The van der Waals surface area contributed by atoms with Gasteiger partial charge in [-0.05, 0) is 44.9 Å². The number of carbonyl (C=O) groups is 1. The summed E-state index contributed by atoms with van der Waals surface area (Å²) in [6, 6.07) is 9.66. The zero-order valence-electron chi connectivity index (χ0n) is 15.9. The van der Waals surface area contributed by atoms with Crippen LogP contribution in [0.2, 0.25) is 0 Å². The van der Waals surface area contributed by atoms with E-state index in [0.29, 0.717) is 18.7 Å². The van der Waals surface area contributed by atoms with Gasteiger partial charge in [0.1, 0.15) is 5.60 Å². The van der Waals surface area contributed by atoms with Crippen LogP contribution in [-0.2, 0) is 11.3 Å². The predicted octanol–water partition coefficient (Wildman–Crippen LogP) is 2.23. The molecule has 1 aliphatic heterocycles. The van der Waals surface area contributed by atoms with Gasteiger partial charge in [-0.15, -0.1) is 0 Å². The van der Waals surface area contributed by atoms with Crippen molar-refractivity contribution in [3.63, 3.8) is 0 Å². The van der Waals surface area contributed by atoms with Crippen molar-refractivity contribution in [1.82, 2.24) is 15.5 Å². The van der Waals surface area contributed by atoms with Gasteiger partial charge in [0.15, 0.2) is 5.96 Å². The van der Waals surface area contributed by atoms with Crippen molar-refractivity contribution in [1.29, 1.82) is 5.26 Å². The molecule has 1 heterocycles. The van der Waals surface area contributed by atoms with Gasteiger partial charge in [0.05, 0.1) is 17.7 Å². The second-order valence-electron chi connectivity index (χ2n) is 7.29. The fraction of sp³-hybridized carbons (Fsp3) is 0.526. The molecule has 1 fully saturated rings. The number of hydrogen-bond donors (Lipinski definition) is 2. The van der Waals surface area contributed by atoms with Crippen LogP contribution in [0, 0.1) is 11.3 Å². The topological polar surface area (TPSA) is 89.8 Å². The molecule has 0 radical (unpaired) electrons. The highest BCUT2D eigenvalue weighted by molar-refractivity contribution is 5.80. The number of aliphatic imine (C=N–C) groups is 1. The number of benzene rings is 1. The molecule has 1 amide bonds. The average Bonchev–Trinajstić information content (AvgIpc) is 3.02. The molecule has 140 valence electrons. The summed E-state index contributed by atoms with van der Waals surface area (Å²) in [7, 11) is 1.74. The van der Waals surface area contributed by atoms with E-state index in [1.807, 2.05) is 39.0 Å². The number of guanidine groups is 1. The monoisotopic (exact) mass is 357 g/mol. The maximum atomic E-state index is 11.9. The standard InChI is InChI=1S/C19H27N5O2/c1-19(2,3)26-18(25)23-16-8-9-24(13-16)17(21-4)22-12-15-7-5-6-14(10-15)11-20/h5-7,10,16H,8-9,12-13H2,1-4H3,(H,21,22)(H,23,25). The molecule has 1 unspecified atom stereocenters. The molecule has 0 bridgehead atoms. The predicted molar refractivity (Wildman–Crippen MR) is 101 cm³/mol. The Balaban J connectivity index is 1.85. The molecule has 0 aromatic heterocycles. The minimum Gasteiger partial charge on any atom is -0.444 e. The Hall–Kier alpha value is -2.75. The molecule has 2 N–H and O–H groups in total. The first-order valence-electron chi connectivity index (χ1n) is 8.75. The number of ether oxygens (including phenoxy) is 1. The van der Waals surface area contributed by atoms with Crippen LogP contribution >= 0.6 is 0 Å². The summed E-state index contributed by atoms with van der Waals surface area (Å²) in [6.07, 6.45) is 0.449. The number of likely N-dealkylation sites (tertiary alicyclic amines) is 1. The van der Waals surface area contributed by atoms with Gasteiger partial charge in [-0.2, -0.15) is 5.26 Å². The van der Waals surface area contributed by atoms with Crippen LogP contribution in [0.4, 0.5) is 4.79 Å². The quantitative estimate of drug-likeness (QED) is 0.640. The van der Waals surface area contributed by atoms with Crippen molar-refractivity contribution in [2.24, 2.45) is 4.99 Å². The van der Waals surface area contributed by atoms with Crippen LogP contribution in [0.3, 0.4) is 0 Å². The lowest BCUT2D eigenvalue weighted by Crippen LogP contribution is -2.44. The van der Waals surface area contributed by atoms with Gasteiger partial charge in [0.25, 0.3) is 0 Å². The van der Waals surface area contributed by atoms with Crippen molar-refractivity contribution < 1.29 is 9.53 Å². The summed E-state index contributed by atoms with van der Waals surface area (Å²) in [5, 5.41) is 15.2. The van der Waals surface area contributed by atoms with Gasteiger partial charge < -0.3 is 20.3 Å². The maximum Gasteiger partial charge on any atom is 0.407 e. The number of alkyl carbamates (subject to hydrolysis) is 1. The third kappa shape index (κ3) is 5.96. The highest BCUT2D eigenvalue weighted by Gasteiger charge is 2.27. The van der Waals surface area contributed by atoms with Gasteiger partial charge in [0, 0.05) is 26.7 Å². The van der Waals surface area contributed by atoms with Crippen molar-refractivity contribution in [2.75, 3.05) is 20.1 Å². The first kappa shape index (κ1) is 19.6. The molecular formula is C19H27N5O2. The van der Waals surface area contributed by atoms with Crippen molar-refractivity contribution in [3.8, 4) is 6.07 Å². The Morgan fingerprint density at radius 2 is 2.23 bits per heavy atom. The Morgan fingerprint density at radius 1 is 1.46 bits per heavy atom. The summed E-state index contributed by atoms with van der Waals surface area (Å²) < 4.78 is 5.31. The second kappa shape index (κ2) is 8.56. The fourth-order valence-corrected chi connectivity index (χ4v) is 2.81. The minimum atomic E-state index is -0.502. The molecule has 1 aromatic rings. The van der Waals surface area contributed by atoms with E-state index in [1.165, 1.54) is 0 Å². The van der Waals surface area contributed by atoms with Crippen LogP contribution in [0.15, 0.2) is 29.3 Å². The van der Waals surface area contributed by atoms with E-state index in [-0.39, 0.29) is 12.1 Å². The molecule has 26 heavy (non-hydrogen) atoms. The number of rotatable bonds is 3. The number of nitriles is 1. The molecule has 1 aliphatic rings. The van der Waals surface area contributed by atoms with E-state index in [9.17, 15) is 4.79 Å². The van der Waals surface area contributed by atoms with Crippen LogP contribution < -0.4 is 10.6 Å². The first-order valence-corrected chi connectivity index (χ1v) is 8.75. The highest BCUT2D eigenvalue weighted by Crippen LogP contribution is 2.12. The Morgan fingerprint density at radius 3 is 2.88 bits per heavy atom. The lowest BCUT2D eigenvalue weighted by atomic mass is 10.1. The maximum absolute atomic E-state index is 11.9. The van der Waals surface area contributed by atoms with Crippen LogP contribution in [-0.4, -0.2) is 48.7 Å². The first-order chi connectivity index (χ1) is 12.3. The van der Waals surface area contributed by atoms with Gasteiger partial charge in [-0.1, -0.05) is 12.1 Å². The normalized spacial score (nSPS) is 17.6. The lowest BCUT2D eigenvalue weighted by Gasteiger charge is -2.23. The fourth-order valence-electron chi connectivity index (χ4n) is 2.81. The Kier molecular flexibility index (Phi) is 6.45. The summed E-state index contributed by atoms with van der Waals surface area (Å²) in [5.41, 5.74) is 1.16. The summed E-state index contributed by atoms with van der Waals surface area (Å²) in [5.74, 6) is 0.779. The highest BCUT2D eigenvalue weighted by atomic mass is 16.6. The van der Waals surface area contributed by atoms with E-state index in [2.05, 4.69) is 26.6 Å². The number of hydrogen-bond acceptors (Lipinski definition) is 4. The van der Waals surface area contributed by atoms with E-state index in [4.69, 9.17) is 10.00 Å². The smallest absolute Gasteiger partial charge is 0.407 e. The molecule has 1 saturated heterocycles. The molecular weight excluding hydrogens is 330 g/mol. The number of nitrogens with zero attached hydrogens (tertiary/aromatic N) is 3. The Labute approximate surface area is 155 Å². The van der Waals surface area contributed by atoms with E-state index in [0.717, 1.165) is 24.5 Å². The van der Waals surface area contributed by atoms with Crippen LogP contribution in [0.5, 0.6) is 0 Å². The molecule has 7 heteroatoms. The van der Waals surface area contributed by atoms with Gasteiger partial charge >= 0.3 is 6.09 Å². The molecule has 0 aliphatic carbocycles. The van der Waals surface area contributed by atoms with E-state index < -0.39 is 5.60 Å². The molecule has 7 nitrogen and oxygen atoms in total. The average molecular weight is 357 g/mol. The zero-order chi connectivity index (χ0) is 19.2. The second-order valence-corrected chi connectivity index (χ2v) is 7.29. The summed E-state index contributed by atoms with van der Waals surface area (Å²) in [6.45, 7) is 7.61. The van der Waals surface area contributed by atoms with Crippen molar-refractivity contribution in [2.45, 2.75) is 45.4 Å². The molecule has 0 saturated carbocycles.